The van der Waals surface area contributed by atoms with Gasteiger partial charge in [0.2, 0.25) is 5.90 Å². The summed E-state index contributed by atoms with van der Waals surface area (Å²) in [5, 5.41) is 10.1. The second-order valence-corrected chi connectivity index (χ2v) is 6.00. The summed E-state index contributed by atoms with van der Waals surface area (Å²) >= 11 is 1.62. The van der Waals surface area contributed by atoms with Crippen LogP contribution in [0.15, 0.2) is 52.0 Å². The first kappa shape index (κ1) is 12.9. The lowest BCUT2D eigenvalue weighted by Gasteiger charge is -2.19. The smallest absolute Gasteiger partial charge is 0.215 e. The summed E-state index contributed by atoms with van der Waals surface area (Å²) in [6, 6.07) is 7.75. The first-order valence-corrected chi connectivity index (χ1v) is 7.24. The molecule has 0 saturated carbocycles. The number of hydrogen-bond acceptors (Lipinski definition) is 4. The van der Waals surface area contributed by atoms with Crippen LogP contribution in [0.1, 0.15) is 24.5 Å². The summed E-state index contributed by atoms with van der Waals surface area (Å²) in [6.07, 6.45) is 5.54. The molecule has 2 aromatic rings. The molecule has 0 saturated heterocycles. The molecule has 0 fully saturated rings. The molecule has 0 unspecified atom stereocenters. The van der Waals surface area contributed by atoms with E-state index >= 15 is 0 Å². The van der Waals surface area contributed by atoms with Crippen molar-refractivity contribution in [2.24, 2.45) is 0 Å². The number of thiophene rings is 1. The van der Waals surface area contributed by atoms with Crippen LogP contribution < -0.4 is 0 Å². The third-order valence-electron chi connectivity index (χ3n) is 3.23. The van der Waals surface area contributed by atoms with Crippen molar-refractivity contribution < 1.29 is 9.15 Å². The molecule has 0 aromatic carbocycles. The van der Waals surface area contributed by atoms with Gasteiger partial charge in [-0.3, -0.25) is 5.41 Å². The molecule has 3 rings (SSSR count). The number of ether oxygens (including phenoxy) is 1. The van der Waals surface area contributed by atoms with Crippen molar-refractivity contribution in [3.8, 4) is 0 Å². The maximum absolute atomic E-state index is 8.09. The van der Waals surface area contributed by atoms with Gasteiger partial charge in [0.25, 0.3) is 0 Å². The van der Waals surface area contributed by atoms with E-state index < -0.39 is 5.60 Å². The predicted octanol–water partition coefficient (Wildman–Crippen LogP) is 4.59. The molecule has 2 aromatic heterocycles. The van der Waals surface area contributed by atoms with Gasteiger partial charge >= 0.3 is 0 Å². The van der Waals surface area contributed by atoms with Crippen LogP contribution in [0.4, 0.5) is 0 Å². The highest BCUT2D eigenvalue weighted by Gasteiger charge is 2.37. The van der Waals surface area contributed by atoms with Crippen LogP contribution in [-0.4, -0.2) is 11.5 Å². The van der Waals surface area contributed by atoms with E-state index in [4.69, 9.17) is 14.6 Å². The van der Waals surface area contributed by atoms with Crippen molar-refractivity contribution in [3.05, 3.63) is 58.2 Å². The lowest BCUT2D eigenvalue weighted by molar-refractivity contribution is 0.152. The van der Waals surface area contributed by atoms with E-state index in [1.54, 1.807) is 17.6 Å². The number of furan rings is 1. The highest BCUT2D eigenvalue weighted by molar-refractivity contribution is 7.11. The maximum Gasteiger partial charge on any atom is 0.215 e. The third-order valence-corrected chi connectivity index (χ3v) is 4.11. The quantitative estimate of drug-likeness (QED) is 0.896. The standard InChI is InChI=1S/C16H15NO2S/c1-16(2)12(8-7-11-5-3-9-18-11)14(15(17)19-16)13-6-4-10-20-13/h3-10,17H,1-2H3. The summed E-state index contributed by atoms with van der Waals surface area (Å²) in [5.41, 5.74) is 1.37. The van der Waals surface area contributed by atoms with Crippen molar-refractivity contribution in [2.45, 2.75) is 19.4 Å². The average Bonchev–Trinajstić information content (AvgIpc) is 3.07. The summed E-state index contributed by atoms with van der Waals surface area (Å²) < 4.78 is 11.0. The van der Waals surface area contributed by atoms with E-state index in [9.17, 15) is 0 Å². The molecule has 3 heterocycles. The van der Waals surface area contributed by atoms with E-state index in [1.807, 2.05) is 55.6 Å². The fraction of sp³-hybridized carbons (Fsp3) is 0.188. The van der Waals surface area contributed by atoms with Gasteiger partial charge in [-0.05, 0) is 43.5 Å². The minimum absolute atomic E-state index is 0.233. The predicted molar refractivity (Wildman–Crippen MR) is 81.9 cm³/mol. The van der Waals surface area contributed by atoms with Crippen LogP contribution in [0.5, 0.6) is 0 Å². The van der Waals surface area contributed by atoms with Crippen LogP contribution in [0.3, 0.4) is 0 Å². The van der Waals surface area contributed by atoms with Crippen LogP contribution in [-0.2, 0) is 4.74 Å². The van der Waals surface area contributed by atoms with Gasteiger partial charge in [-0.2, -0.15) is 0 Å². The fourth-order valence-electron chi connectivity index (χ4n) is 2.29. The van der Waals surface area contributed by atoms with Gasteiger partial charge in [0.05, 0.1) is 11.8 Å². The molecule has 4 heteroatoms. The number of hydrogen-bond donors (Lipinski definition) is 1. The Labute approximate surface area is 121 Å². The molecular weight excluding hydrogens is 270 g/mol. The SMILES string of the molecule is CC1(C)OC(=N)C(c2cccs2)=C1C=Cc1ccco1. The molecule has 1 aliphatic rings. The van der Waals surface area contributed by atoms with Crippen molar-refractivity contribution in [1.82, 2.24) is 0 Å². The topological polar surface area (TPSA) is 46.2 Å². The monoisotopic (exact) mass is 285 g/mol. The average molecular weight is 285 g/mol. The van der Waals surface area contributed by atoms with Crippen molar-refractivity contribution >= 4 is 28.9 Å². The first-order chi connectivity index (χ1) is 9.58. The summed E-state index contributed by atoms with van der Waals surface area (Å²) in [7, 11) is 0. The minimum Gasteiger partial charge on any atom is -0.467 e. The Bertz CT molecular complexity index is 676. The Balaban J connectivity index is 2.07. The molecule has 0 bridgehead atoms. The van der Waals surface area contributed by atoms with Crippen LogP contribution >= 0.6 is 11.3 Å². The highest BCUT2D eigenvalue weighted by Crippen LogP contribution is 2.40. The third kappa shape index (κ3) is 2.23. The minimum atomic E-state index is -0.500. The van der Waals surface area contributed by atoms with E-state index in [2.05, 4.69) is 0 Å². The number of rotatable bonds is 3. The van der Waals surface area contributed by atoms with Crippen molar-refractivity contribution in [1.29, 1.82) is 5.41 Å². The Hall–Kier alpha value is -2.07. The van der Waals surface area contributed by atoms with E-state index in [0.29, 0.717) is 0 Å². The lowest BCUT2D eigenvalue weighted by atomic mass is 9.94. The molecule has 0 radical (unpaired) electrons. The summed E-state index contributed by atoms with van der Waals surface area (Å²) in [6.45, 7) is 3.95. The molecule has 102 valence electrons. The Morgan fingerprint density at radius 1 is 1.20 bits per heavy atom. The van der Waals surface area contributed by atoms with Crippen LogP contribution in [0.25, 0.3) is 11.6 Å². The molecular formula is C16H15NO2S. The van der Waals surface area contributed by atoms with E-state index in [-0.39, 0.29) is 5.90 Å². The molecule has 0 amide bonds. The zero-order valence-electron chi connectivity index (χ0n) is 11.3. The first-order valence-electron chi connectivity index (χ1n) is 6.36. The Morgan fingerprint density at radius 3 is 2.70 bits per heavy atom. The molecule has 1 N–H and O–H groups in total. The van der Waals surface area contributed by atoms with Crippen molar-refractivity contribution in [2.75, 3.05) is 0 Å². The van der Waals surface area contributed by atoms with E-state index in [0.717, 1.165) is 21.8 Å². The van der Waals surface area contributed by atoms with Gasteiger partial charge in [0.15, 0.2) is 0 Å². The second kappa shape index (κ2) is 4.80. The van der Waals surface area contributed by atoms with Gasteiger partial charge in [-0.25, -0.2) is 0 Å². The molecule has 1 aliphatic heterocycles. The largest absolute Gasteiger partial charge is 0.467 e. The van der Waals surface area contributed by atoms with Gasteiger partial charge in [-0.1, -0.05) is 12.1 Å². The van der Waals surface area contributed by atoms with Crippen molar-refractivity contribution in [3.63, 3.8) is 0 Å². The maximum atomic E-state index is 8.09. The molecule has 20 heavy (non-hydrogen) atoms. The molecule has 0 aliphatic carbocycles. The molecule has 0 atom stereocenters. The van der Waals surface area contributed by atoms with Gasteiger partial charge in [-0.15, -0.1) is 11.3 Å². The Morgan fingerprint density at radius 2 is 2.05 bits per heavy atom. The summed E-state index contributed by atoms with van der Waals surface area (Å²) in [5.74, 6) is 1.02. The van der Waals surface area contributed by atoms with Gasteiger partial charge in [0, 0.05) is 10.5 Å². The summed E-state index contributed by atoms with van der Waals surface area (Å²) in [4.78, 5) is 1.06. The van der Waals surface area contributed by atoms with Crippen LogP contribution in [0, 0.1) is 5.41 Å². The molecule has 3 nitrogen and oxygen atoms in total. The lowest BCUT2D eigenvalue weighted by Crippen LogP contribution is -2.22. The zero-order chi connectivity index (χ0) is 14.2. The van der Waals surface area contributed by atoms with Gasteiger partial charge < -0.3 is 9.15 Å². The van der Waals surface area contributed by atoms with E-state index in [1.165, 1.54) is 0 Å². The Kier molecular flexibility index (Phi) is 3.10. The number of nitrogens with one attached hydrogen (secondary N) is 1. The fourth-order valence-corrected chi connectivity index (χ4v) is 3.07. The van der Waals surface area contributed by atoms with Gasteiger partial charge in [0.1, 0.15) is 11.4 Å². The highest BCUT2D eigenvalue weighted by atomic mass is 32.1. The van der Waals surface area contributed by atoms with Crippen LogP contribution in [0.2, 0.25) is 0 Å². The molecule has 0 spiro atoms. The zero-order valence-corrected chi connectivity index (χ0v) is 12.2. The second-order valence-electron chi connectivity index (χ2n) is 5.06. The normalized spacial score (nSPS) is 18.0.